The van der Waals surface area contributed by atoms with Crippen molar-refractivity contribution in [3.05, 3.63) is 59.2 Å². The van der Waals surface area contributed by atoms with Crippen molar-refractivity contribution in [1.82, 2.24) is 4.90 Å². The van der Waals surface area contributed by atoms with E-state index in [9.17, 15) is 4.79 Å². The summed E-state index contributed by atoms with van der Waals surface area (Å²) in [4.78, 5) is 14.6. The Balaban J connectivity index is 1.68. The minimum absolute atomic E-state index is 0.0543. The number of anilines is 2. The van der Waals surface area contributed by atoms with Crippen LogP contribution in [0, 0.1) is 0 Å². The molecular formula is C21H27N3O. The van der Waals surface area contributed by atoms with Crippen molar-refractivity contribution < 1.29 is 4.79 Å². The predicted molar refractivity (Wildman–Crippen MR) is 104 cm³/mol. The van der Waals surface area contributed by atoms with E-state index >= 15 is 0 Å². The van der Waals surface area contributed by atoms with E-state index in [0.717, 1.165) is 30.9 Å². The SMILES string of the molecule is CN1CCc2ccc(NC(=O)Nc3cccc(C(C)(C)C)c3)cc2C1. The summed E-state index contributed by atoms with van der Waals surface area (Å²) in [6, 6.07) is 14.0. The first kappa shape index (κ1) is 17.5. The average molecular weight is 337 g/mol. The highest BCUT2D eigenvalue weighted by molar-refractivity contribution is 5.99. The van der Waals surface area contributed by atoms with Crippen LogP contribution in [0.1, 0.15) is 37.5 Å². The molecule has 4 nitrogen and oxygen atoms in total. The van der Waals surface area contributed by atoms with Crippen LogP contribution in [0.5, 0.6) is 0 Å². The lowest BCUT2D eigenvalue weighted by molar-refractivity contribution is 0.262. The Labute approximate surface area is 150 Å². The second-order valence-electron chi connectivity index (χ2n) is 7.88. The van der Waals surface area contributed by atoms with Crippen LogP contribution in [-0.2, 0) is 18.4 Å². The molecule has 1 aliphatic rings. The lowest BCUT2D eigenvalue weighted by atomic mass is 9.87. The molecular weight excluding hydrogens is 310 g/mol. The molecule has 2 amide bonds. The second kappa shape index (κ2) is 6.89. The smallest absolute Gasteiger partial charge is 0.308 e. The molecule has 0 saturated carbocycles. The van der Waals surface area contributed by atoms with Crippen molar-refractivity contribution in [3.8, 4) is 0 Å². The van der Waals surface area contributed by atoms with Gasteiger partial charge in [0.25, 0.3) is 0 Å². The molecule has 4 heteroatoms. The molecule has 0 aliphatic carbocycles. The fourth-order valence-corrected chi connectivity index (χ4v) is 3.13. The highest BCUT2D eigenvalue weighted by Crippen LogP contribution is 2.25. The maximum Gasteiger partial charge on any atom is 0.323 e. The monoisotopic (exact) mass is 337 g/mol. The van der Waals surface area contributed by atoms with Crippen molar-refractivity contribution in [2.75, 3.05) is 24.2 Å². The van der Waals surface area contributed by atoms with Gasteiger partial charge in [-0.05, 0) is 59.8 Å². The fraction of sp³-hybridized carbons (Fsp3) is 0.381. The van der Waals surface area contributed by atoms with Crippen LogP contribution in [0.25, 0.3) is 0 Å². The molecule has 0 atom stereocenters. The molecule has 1 heterocycles. The normalized spacial score (nSPS) is 14.7. The molecule has 0 radical (unpaired) electrons. The van der Waals surface area contributed by atoms with Gasteiger partial charge in [0, 0.05) is 24.5 Å². The Morgan fingerprint density at radius 2 is 1.72 bits per heavy atom. The van der Waals surface area contributed by atoms with Crippen LogP contribution in [0.3, 0.4) is 0 Å². The van der Waals surface area contributed by atoms with Gasteiger partial charge in [-0.25, -0.2) is 4.79 Å². The zero-order valence-electron chi connectivity index (χ0n) is 15.5. The van der Waals surface area contributed by atoms with Crippen LogP contribution in [0.4, 0.5) is 16.2 Å². The van der Waals surface area contributed by atoms with Crippen molar-refractivity contribution in [1.29, 1.82) is 0 Å². The standard InChI is InChI=1S/C21H27N3O/c1-21(2,3)17-6-5-7-18(13-17)22-20(25)23-19-9-8-15-10-11-24(4)14-16(15)12-19/h5-9,12-13H,10-11,14H2,1-4H3,(H2,22,23,25). The van der Waals surface area contributed by atoms with E-state index < -0.39 is 0 Å². The molecule has 2 aromatic carbocycles. The number of amides is 2. The van der Waals surface area contributed by atoms with E-state index in [1.54, 1.807) is 0 Å². The highest BCUT2D eigenvalue weighted by Gasteiger charge is 2.15. The van der Waals surface area contributed by atoms with E-state index in [0.29, 0.717) is 0 Å². The van der Waals surface area contributed by atoms with E-state index in [2.05, 4.69) is 61.6 Å². The number of nitrogens with zero attached hydrogens (tertiary/aromatic N) is 1. The number of hydrogen-bond acceptors (Lipinski definition) is 2. The lowest BCUT2D eigenvalue weighted by Crippen LogP contribution is -2.27. The first-order valence-electron chi connectivity index (χ1n) is 8.80. The third-order valence-electron chi connectivity index (χ3n) is 4.65. The third kappa shape index (κ3) is 4.40. The lowest BCUT2D eigenvalue weighted by Gasteiger charge is -2.25. The summed E-state index contributed by atoms with van der Waals surface area (Å²) in [6.45, 7) is 8.51. The summed E-state index contributed by atoms with van der Waals surface area (Å²) in [6.07, 6.45) is 1.07. The average Bonchev–Trinajstić information content (AvgIpc) is 2.53. The van der Waals surface area contributed by atoms with E-state index in [1.165, 1.54) is 16.7 Å². The van der Waals surface area contributed by atoms with Crippen LogP contribution >= 0.6 is 0 Å². The minimum Gasteiger partial charge on any atom is -0.308 e. The minimum atomic E-state index is -0.213. The largest absolute Gasteiger partial charge is 0.323 e. The number of carbonyl (C=O) groups excluding carboxylic acids is 1. The topological polar surface area (TPSA) is 44.4 Å². The van der Waals surface area contributed by atoms with Crippen molar-refractivity contribution >= 4 is 17.4 Å². The van der Waals surface area contributed by atoms with Gasteiger partial charge in [-0.3, -0.25) is 0 Å². The van der Waals surface area contributed by atoms with Gasteiger partial charge in [-0.15, -0.1) is 0 Å². The number of likely N-dealkylation sites (N-methyl/N-ethyl adjacent to an activating group) is 1. The fourth-order valence-electron chi connectivity index (χ4n) is 3.13. The molecule has 132 valence electrons. The first-order chi connectivity index (χ1) is 11.8. The van der Waals surface area contributed by atoms with Crippen molar-refractivity contribution in [3.63, 3.8) is 0 Å². The highest BCUT2D eigenvalue weighted by atomic mass is 16.2. The van der Waals surface area contributed by atoms with Crippen LogP contribution in [0.2, 0.25) is 0 Å². The number of rotatable bonds is 2. The van der Waals surface area contributed by atoms with Crippen molar-refractivity contribution in [2.24, 2.45) is 0 Å². The van der Waals surface area contributed by atoms with Gasteiger partial charge in [-0.2, -0.15) is 0 Å². The number of nitrogens with one attached hydrogen (secondary N) is 2. The number of benzene rings is 2. The second-order valence-corrected chi connectivity index (χ2v) is 7.88. The molecule has 0 bridgehead atoms. The van der Waals surface area contributed by atoms with Gasteiger partial charge in [0.1, 0.15) is 0 Å². The van der Waals surface area contributed by atoms with E-state index in [4.69, 9.17) is 0 Å². The van der Waals surface area contributed by atoms with Gasteiger partial charge in [-0.1, -0.05) is 39.0 Å². The summed E-state index contributed by atoms with van der Waals surface area (Å²) in [5.41, 5.74) is 5.56. The summed E-state index contributed by atoms with van der Waals surface area (Å²) in [5.74, 6) is 0. The zero-order valence-corrected chi connectivity index (χ0v) is 15.5. The summed E-state index contributed by atoms with van der Waals surface area (Å²) in [5, 5.41) is 5.88. The summed E-state index contributed by atoms with van der Waals surface area (Å²) >= 11 is 0. The molecule has 2 N–H and O–H groups in total. The van der Waals surface area contributed by atoms with Crippen molar-refractivity contribution in [2.45, 2.75) is 39.2 Å². The van der Waals surface area contributed by atoms with Gasteiger partial charge in [0.05, 0.1) is 0 Å². The summed E-state index contributed by atoms with van der Waals surface area (Å²) < 4.78 is 0. The van der Waals surface area contributed by atoms with E-state index in [-0.39, 0.29) is 11.4 Å². The summed E-state index contributed by atoms with van der Waals surface area (Å²) in [7, 11) is 2.12. The van der Waals surface area contributed by atoms with Crippen LogP contribution in [0.15, 0.2) is 42.5 Å². The molecule has 0 spiro atoms. The Bertz CT molecular complexity index is 777. The zero-order chi connectivity index (χ0) is 18.0. The number of fused-ring (bicyclic) bond motifs is 1. The number of hydrogen-bond donors (Lipinski definition) is 2. The molecule has 0 saturated heterocycles. The Hall–Kier alpha value is -2.33. The van der Waals surface area contributed by atoms with Gasteiger partial charge >= 0.3 is 6.03 Å². The van der Waals surface area contributed by atoms with Crippen LogP contribution < -0.4 is 10.6 Å². The number of carbonyl (C=O) groups is 1. The maximum atomic E-state index is 12.3. The quantitative estimate of drug-likeness (QED) is 0.840. The maximum absolute atomic E-state index is 12.3. The molecule has 0 unspecified atom stereocenters. The first-order valence-corrected chi connectivity index (χ1v) is 8.80. The molecule has 25 heavy (non-hydrogen) atoms. The van der Waals surface area contributed by atoms with Crippen LogP contribution in [-0.4, -0.2) is 24.5 Å². The Kier molecular flexibility index (Phi) is 4.82. The molecule has 0 aromatic heterocycles. The molecule has 1 aliphatic heterocycles. The molecule has 3 rings (SSSR count). The predicted octanol–water partition coefficient (Wildman–Crippen LogP) is 4.62. The third-order valence-corrected chi connectivity index (χ3v) is 4.65. The number of urea groups is 1. The molecule has 0 fully saturated rings. The van der Waals surface area contributed by atoms with Gasteiger partial charge in [0.15, 0.2) is 0 Å². The molecule has 2 aromatic rings. The van der Waals surface area contributed by atoms with Gasteiger partial charge < -0.3 is 15.5 Å². The Morgan fingerprint density at radius 3 is 2.44 bits per heavy atom. The van der Waals surface area contributed by atoms with Gasteiger partial charge in [0.2, 0.25) is 0 Å². The Morgan fingerprint density at radius 1 is 1.00 bits per heavy atom. The van der Waals surface area contributed by atoms with E-state index in [1.807, 2.05) is 24.3 Å².